The Morgan fingerprint density at radius 1 is 1.44 bits per heavy atom. The normalized spacial score (nSPS) is 17.6. The van der Waals surface area contributed by atoms with Gasteiger partial charge in [-0.05, 0) is 32.8 Å². The molecule has 3 rings (SSSR count). The molecule has 0 radical (unpaired) electrons. The van der Waals surface area contributed by atoms with Gasteiger partial charge in [0.1, 0.15) is 10.9 Å². The van der Waals surface area contributed by atoms with Gasteiger partial charge in [0, 0.05) is 19.0 Å². The summed E-state index contributed by atoms with van der Waals surface area (Å²) in [5.74, 6) is -0.420. The lowest BCUT2D eigenvalue weighted by Gasteiger charge is -2.30. The van der Waals surface area contributed by atoms with Gasteiger partial charge in [-0.3, -0.25) is 14.3 Å². The van der Waals surface area contributed by atoms with Crippen molar-refractivity contribution >= 4 is 33.4 Å². The second kappa shape index (κ2) is 6.76. The molecule has 0 aromatic carbocycles. The standard InChI is InChI=1S/C17H25N5O2S/c1-10-12-8-13(25-16(12)22(3)21-10)15(24)19-11(2)14(23)20-17(9-18)6-4-5-7-17/h8,11H,4-7,9,18H2,1-3H3,(H,19,24)(H,20,23). The van der Waals surface area contributed by atoms with Crippen LogP contribution in [0.15, 0.2) is 6.07 Å². The number of thiophene rings is 1. The van der Waals surface area contributed by atoms with Gasteiger partial charge in [0.05, 0.1) is 16.1 Å². The van der Waals surface area contributed by atoms with Crippen molar-refractivity contribution in [3.8, 4) is 0 Å². The molecule has 0 bridgehead atoms. The van der Waals surface area contributed by atoms with E-state index < -0.39 is 6.04 Å². The molecule has 4 N–H and O–H groups in total. The molecule has 0 saturated heterocycles. The Hall–Kier alpha value is -1.93. The largest absolute Gasteiger partial charge is 0.348 e. The van der Waals surface area contributed by atoms with Crippen molar-refractivity contribution in [3.05, 3.63) is 16.6 Å². The van der Waals surface area contributed by atoms with Gasteiger partial charge in [0.15, 0.2) is 0 Å². The second-order valence-corrected chi connectivity index (χ2v) is 7.95. The van der Waals surface area contributed by atoms with E-state index in [1.807, 2.05) is 20.0 Å². The molecule has 2 amide bonds. The molecule has 0 aliphatic heterocycles. The van der Waals surface area contributed by atoms with Crippen molar-refractivity contribution in [1.29, 1.82) is 0 Å². The average molecular weight is 363 g/mol. The van der Waals surface area contributed by atoms with Crippen LogP contribution in [0.3, 0.4) is 0 Å². The van der Waals surface area contributed by atoms with Crippen LogP contribution >= 0.6 is 11.3 Å². The van der Waals surface area contributed by atoms with Gasteiger partial charge >= 0.3 is 0 Å². The highest BCUT2D eigenvalue weighted by Gasteiger charge is 2.35. The second-order valence-electron chi connectivity index (χ2n) is 6.91. The van der Waals surface area contributed by atoms with Gasteiger partial charge in [-0.25, -0.2) is 0 Å². The first-order valence-electron chi connectivity index (χ1n) is 8.61. The predicted molar refractivity (Wildman–Crippen MR) is 98.7 cm³/mol. The van der Waals surface area contributed by atoms with Crippen LogP contribution in [0.5, 0.6) is 0 Å². The first-order valence-corrected chi connectivity index (χ1v) is 9.43. The average Bonchev–Trinajstić information content (AvgIpc) is 3.26. The molecule has 8 heteroatoms. The Morgan fingerprint density at radius 3 is 2.72 bits per heavy atom. The smallest absolute Gasteiger partial charge is 0.262 e. The highest BCUT2D eigenvalue weighted by atomic mass is 32.1. The molecule has 0 spiro atoms. The van der Waals surface area contributed by atoms with Gasteiger partial charge in [-0.1, -0.05) is 12.8 Å². The van der Waals surface area contributed by atoms with Gasteiger partial charge in [-0.2, -0.15) is 5.10 Å². The fourth-order valence-electron chi connectivity index (χ4n) is 3.45. The third kappa shape index (κ3) is 3.41. The minimum absolute atomic E-state index is 0.181. The molecule has 2 heterocycles. The minimum atomic E-state index is -0.610. The zero-order valence-corrected chi connectivity index (χ0v) is 15.7. The molecular weight excluding hydrogens is 338 g/mol. The summed E-state index contributed by atoms with van der Waals surface area (Å²) in [7, 11) is 1.86. The molecule has 1 unspecified atom stereocenters. The van der Waals surface area contributed by atoms with E-state index in [9.17, 15) is 9.59 Å². The molecule has 136 valence electrons. The number of hydrogen-bond acceptors (Lipinski definition) is 5. The Kier molecular flexibility index (Phi) is 4.83. The fraction of sp³-hybridized carbons (Fsp3) is 0.588. The summed E-state index contributed by atoms with van der Waals surface area (Å²) in [5, 5.41) is 11.1. The number of nitrogens with zero attached hydrogens (tertiary/aromatic N) is 2. The summed E-state index contributed by atoms with van der Waals surface area (Å²) < 4.78 is 1.77. The SMILES string of the molecule is Cc1nn(C)c2sc(C(=O)NC(C)C(=O)NC3(CN)CCCC3)cc12. The number of nitrogens with two attached hydrogens (primary N) is 1. The van der Waals surface area contributed by atoms with Gasteiger partial charge in [0.2, 0.25) is 5.91 Å². The highest BCUT2D eigenvalue weighted by Crippen LogP contribution is 2.29. The number of carbonyl (C=O) groups excluding carboxylic acids is 2. The number of amides is 2. The minimum Gasteiger partial charge on any atom is -0.348 e. The summed E-state index contributed by atoms with van der Waals surface area (Å²) in [5.41, 5.74) is 6.44. The highest BCUT2D eigenvalue weighted by molar-refractivity contribution is 7.20. The first-order chi connectivity index (χ1) is 11.8. The molecule has 1 aliphatic rings. The molecular formula is C17H25N5O2S. The number of aryl methyl sites for hydroxylation is 2. The quantitative estimate of drug-likeness (QED) is 0.748. The zero-order chi connectivity index (χ0) is 18.2. The molecule has 1 atom stereocenters. The van der Waals surface area contributed by atoms with Crippen molar-refractivity contribution in [2.45, 2.75) is 51.1 Å². The maximum Gasteiger partial charge on any atom is 0.262 e. The predicted octanol–water partition coefficient (Wildman–Crippen LogP) is 1.45. The van der Waals surface area contributed by atoms with Crippen LogP contribution in [0.25, 0.3) is 10.2 Å². The monoisotopic (exact) mass is 363 g/mol. The van der Waals surface area contributed by atoms with Gasteiger partial charge in [0.25, 0.3) is 5.91 Å². The summed E-state index contributed by atoms with van der Waals surface area (Å²) in [6.45, 7) is 4.05. The lowest BCUT2D eigenvalue weighted by Crippen LogP contribution is -2.56. The molecule has 1 aliphatic carbocycles. The van der Waals surface area contributed by atoms with Crippen molar-refractivity contribution in [1.82, 2.24) is 20.4 Å². The maximum atomic E-state index is 12.5. The molecule has 1 fully saturated rings. The Bertz CT molecular complexity index is 769. The third-order valence-corrected chi connectivity index (χ3v) is 6.20. The number of fused-ring (bicyclic) bond motifs is 1. The summed E-state index contributed by atoms with van der Waals surface area (Å²) in [6, 6.07) is 1.22. The van der Waals surface area contributed by atoms with Crippen molar-refractivity contribution in [2.75, 3.05) is 6.54 Å². The molecule has 25 heavy (non-hydrogen) atoms. The van der Waals surface area contributed by atoms with Crippen molar-refractivity contribution in [2.24, 2.45) is 12.8 Å². The Labute approximate surface area is 150 Å². The third-order valence-electron chi connectivity index (χ3n) is 5.00. The number of hydrogen-bond donors (Lipinski definition) is 3. The lowest BCUT2D eigenvalue weighted by molar-refractivity contribution is -0.124. The van der Waals surface area contributed by atoms with Gasteiger partial charge < -0.3 is 16.4 Å². The maximum absolute atomic E-state index is 12.5. The van der Waals surface area contributed by atoms with Crippen LogP contribution in [-0.4, -0.2) is 39.7 Å². The number of aromatic nitrogens is 2. The van der Waals surface area contributed by atoms with E-state index in [0.717, 1.165) is 41.6 Å². The van der Waals surface area contributed by atoms with Crippen LogP contribution in [0, 0.1) is 6.92 Å². The number of carbonyl (C=O) groups is 2. The van der Waals surface area contributed by atoms with E-state index in [2.05, 4.69) is 15.7 Å². The lowest BCUT2D eigenvalue weighted by atomic mass is 9.97. The van der Waals surface area contributed by atoms with Crippen LogP contribution in [0.1, 0.15) is 48.0 Å². The van der Waals surface area contributed by atoms with E-state index in [1.54, 1.807) is 11.6 Å². The fourth-order valence-corrected chi connectivity index (χ4v) is 4.48. The molecule has 2 aromatic heterocycles. The van der Waals surface area contributed by atoms with Crippen LogP contribution in [0.2, 0.25) is 0 Å². The van der Waals surface area contributed by atoms with E-state index >= 15 is 0 Å². The number of rotatable bonds is 5. The number of nitrogens with one attached hydrogen (secondary N) is 2. The molecule has 7 nitrogen and oxygen atoms in total. The molecule has 2 aromatic rings. The zero-order valence-electron chi connectivity index (χ0n) is 14.9. The van der Waals surface area contributed by atoms with Crippen LogP contribution in [0.4, 0.5) is 0 Å². The van der Waals surface area contributed by atoms with E-state index in [0.29, 0.717) is 11.4 Å². The molecule has 1 saturated carbocycles. The Morgan fingerprint density at radius 2 is 2.12 bits per heavy atom. The first kappa shape index (κ1) is 17.9. The van der Waals surface area contributed by atoms with Crippen molar-refractivity contribution < 1.29 is 9.59 Å². The van der Waals surface area contributed by atoms with Gasteiger partial charge in [-0.15, -0.1) is 11.3 Å². The summed E-state index contributed by atoms with van der Waals surface area (Å²) >= 11 is 1.38. The van der Waals surface area contributed by atoms with Crippen LogP contribution in [-0.2, 0) is 11.8 Å². The van der Waals surface area contributed by atoms with E-state index in [1.165, 1.54) is 11.3 Å². The topological polar surface area (TPSA) is 102 Å². The Balaban J connectivity index is 1.66. The summed E-state index contributed by atoms with van der Waals surface area (Å²) in [4.78, 5) is 26.5. The van der Waals surface area contributed by atoms with E-state index in [-0.39, 0.29) is 17.4 Å². The van der Waals surface area contributed by atoms with Crippen molar-refractivity contribution in [3.63, 3.8) is 0 Å². The van der Waals surface area contributed by atoms with E-state index in [4.69, 9.17) is 5.73 Å². The summed E-state index contributed by atoms with van der Waals surface area (Å²) in [6.07, 6.45) is 3.96. The van der Waals surface area contributed by atoms with Crippen LogP contribution < -0.4 is 16.4 Å².